The maximum absolute atomic E-state index is 4.14. The van der Waals surface area contributed by atoms with E-state index in [4.69, 9.17) is 0 Å². The Morgan fingerprint density at radius 2 is 1.67 bits per heavy atom. The molecule has 0 fully saturated rings. The van der Waals surface area contributed by atoms with Crippen LogP contribution in [0.3, 0.4) is 0 Å². The van der Waals surface area contributed by atoms with E-state index in [1.165, 1.54) is 11.1 Å². The van der Waals surface area contributed by atoms with E-state index in [0.717, 1.165) is 16.4 Å². The fraction of sp³-hybridized carbons (Fsp3) is 0.154. The quantitative estimate of drug-likeness (QED) is 0.675. The molecule has 0 N–H and O–H groups in total. The van der Waals surface area contributed by atoms with Crippen molar-refractivity contribution in [3.63, 3.8) is 0 Å². The van der Waals surface area contributed by atoms with E-state index in [2.05, 4.69) is 50.2 Å². The Labute approximate surface area is 89.2 Å². The van der Waals surface area contributed by atoms with Gasteiger partial charge in [-0.1, -0.05) is 19.2 Å². The predicted molar refractivity (Wildman–Crippen MR) is 63.3 cm³/mol. The van der Waals surface area contributed by atoms with Crippen LogP contribution in [-0.2, 0) is 0 Å². The summed E-state index contributed by atoms with van der Waals surface area (Å²) in [5, 5.41) is 1.58. The molecule has 1 heterocycles. The largest absolute Gasteiger partial charge is 0.299 e. The van der Waals surface area contributed by atoms with Crippen molar-refractivity contribution in [2.45, 2.75) is 13.8 Å². The minimum absolute atomic E-state index is 0.731. The lowest BCUT2D eigenvalue weighted by atomic mass is 10.1. The molecule has 0 aliphatic rings. The molecule has 0 atom stereocenters. The van der Waals surface area contributed by atoms with Crippen LogP contribution in [0.2, 0.25) is 0 Å². The van der Waals surface area contributed by atoms with Gasteiger partial charge in [-0.3, -0.25) is 4.57 Å². The molecule has 0 bridgehead atoms. The highest BCUT2D eigenvalue weighted by Crippen LogP contribution is 2.10. The number of hydrogen-bond acceptors (Lipinski definition) is 1. The number of aryl methyl sites for hydroxylation is 2. The first kappa shape index (κ1) is 9.71. The molecule has 15 heavy (non-hydrogen) atoms. The number of imidazole rings is 1. The highest BCUT2D eigenvalue weighted by Gasteiger charge is 1.99. The summed E-state index contributed by atoms with van der Waals surface area (Å²) in [5.41, 5.74) is 3.58. The van der Waals surface area contributed by atoms with Gasteiger partial charge in [0.15, 0.2) is 0 Å². The molecular weight excluding hydrogens is 184 g/mol. The summed E-state index contributed by atoms with van der Waals surface area (Å²) in [5.74, 6) is 0. The number of rotatable bonds is 1. The summed E-state index contributed by atoms with van der Waals surface area (Å²) in [6.07, 6.45) is 1.76. The Balaban J connectivity index is 2.69. The topological polar surface area (TPSA) is 17.8 Å². The molecule has 0 unspecified atom stereocenters. The summed E-state index contributed by atoms with van der Waals surface area (Å²) >= 11 is 0. The second kappa shape index (κ2) is 3.39. The maximum Gasteiger partial charge on any atom is 0.100 e. The minimum atomic E-state index is 0.731. The van der Waals surface area contributed by atoms with Crippen molar-refractivity contribution in [3.05, 3.63) is 46.4 Å². The Hall–Kier alpha value is -1.83. The fourth-order valence-corrected chi connectivity index (χ4v) is 1.72. The van der Waals surface area contributed by atoms with E-state index < -0.39 is 0 Å². The monoisotopic (exact) mass is 198 g/mol. The third-order valence-electron chi connectivity index (χ3n) is 2.44. The zero-order chi connectivity index (χ0) is 11.0. The van der Waals surface area contributed by atoms with Crippen LogP contribution in [0.25, 0.3) is 18.8 Å². The molecule has 0 aliphatic heterocycles. The van der Waals surface area contributed by atoms with Gasteiger partial charge in [0.25, 0.3) is 0 Å². The molecule has 1 aromatic carbocycles. The molecule has 2 aromatic rings. The SMILES string of the molecule is C=c1ncn(-c2cc(C)cc(C)c2)c1=C. The Bertz CT molecular complexity index is 573. The summed E-state index contributed by atoms with van der Waals surface area (Å²) in [4.78, 5) is 4.14. The van der Waals surface area contributed by atoms with Crippen LogP contribution in [0, 0.1) is 13.8 Å². The molecule has 76 valence electrons. The first-order chi connectivity index (χ1) is 7.08. The van der Waals surface area contributed by atoms with Crippen LogP contribution in [0.4, 0.5) is 0 Å². The Kier molecular flexibility index (Phi) is 2.19. The van der Waals surface area contributed by atoms with Gasteiger partial charge in [-0.15, -0.1) is 0 Å². The predicted octanol–water partition coefficient (Wildman–Crippen LogP) is 1.31. The second-order valence-corrected chi connectivity index (χ2v) is 3.85. The van der Waals surface area contributed by atoms with Crippen LogP contribution in [0.15, 0.2) is 24.5 Å². The number of aromatic nitrogens is 2. The van der Waals surface area contributed by atoms with E-state index in [1.807, 2.05) is 4.57 Å². The van der Waals surface area contributed by atoms with Gasteiger partial charge in [-0.05, 0) is 37.1 Å². The molecule has 2 nitrogen and oxygen atoms in total. The average Bonchev–Trinajstić information content (AvgIpc) is 2.46. The fourth-order valence-electron chi connectivity index (χ4n) is 1.72. The van der Waals surface area contributed by atoms with Gasteiger partial charge in [0.1, 0.15) is 6.33 Å². The average molecular weight is 198 g/mol. The lowest BCUT2D eigenvalue weighted by Crippen LogP contribution is -2.26. The van der Waals surface area contributed by atoms with E-state index in [9.17, 15) is 0 Å². The smallest absolute Gasteiger partial charge is 0.100 e. The summed E-state index contributed by atoms with van der Waals surface area (Å²) in [6.45, 7) is 11.9. The van der Waals surface area contributed by atoms with Crippen molar-refractivity contribution < 1.29 is 0 Å². The molecule has 0 aliphatic carbocycles. The minimum Gasteiger partial charge on any atom is -0.299 e. The van der Waals surface area contributed by atoms with Crippen molar-refractivity contribution in [1.29, 1.82) is 0 Å². The van der Waals surface area contributed by atoms with Gasteiger partial charge in [0, 0.05) is 5.69 Å². The molecule has 0 saturated carbocycles. The standard InChI is InChI=1S/C13H14N2/c1-9-5-10(2)7-13(6-9)15-8-14-11(3)12(15)4/h5-8H,3-4H2,1-2H3. The zero-order valence-corrected chi connectivity index (χ0v) is 9.12. The van der Waals surface area contributed by atoms with Gasteiger partial charge in [-0.2, -0.15) is 0 Å². The molecule has 0 saturated heterocycles. The van der Waals surface area contributed by atoms with Crippen LogP contribution in [0.1, 0.15) is 11.1 Å². The van der Waals surface area contributed by atoms with Crippen molar-refractivity contribution in [1.82, 2.24) is 9.55 Å². The van der Waals surface area contributed by atoms with E-state index in [0.29, 0.717) is 0 Å². The number of hydrogen-bond donors (Lipinski definition) is 0. The molecule has 2 rings (SSSR count). The molecule has 0 amide bonds. The van der Waals surface area contributed by atoms with Gasteiger partial charge in [0.2, 0.25) is 0 Å². The molecule has 0 spiro atoms. The Morgan fingerprint density at radius 3 is 2.13 bits per heavy atom. The van der Waals surface area contributed by atoms with E-state index in [1.54, 1.807) is 6.33 Å². The van der Waals surface area contributed by atoms with Crippen molar-refractivity contribution in [2.75, 3.05) is 0 Å². The molecular formula is C13H14N2. The van der Waals surface area contributed by atoms with Crippen LogP contribution in [-0.4, -0.2) is 9.55 Å². The lowest BCUT2D eigenvalue weighted by Gasteiger charge is -2.05. The van der Waals surface area contributed by atoms with Crippen molar-refractivity contribution in [3.8, 4) is 5.69 Å². The van der Waals surface area contributed by atoms with E-state index in [-0.39, 0.29) is 0 Å². The summed E-state index contributed by atoms with van der Waals surface area (Å²) < 4.78 is 1.96. The van der Waals surface area contributed by atoms with Crippen molar-refractivity contribution >= 4 is 13.2 Å². The van der Waals surface area contributed by atoms with Gasteiger partial charge < -0.3 is 0 Å². The normalized spacial score (nSPS) is 10.5. The van der Waals surface area contributed by atoms with Crippen molar-refractivity contribution in [2.24, 2.45) is 0 Å². The first-order valence-corrected chi connectivity index (χ1v) is 4.88. The Morgan fingerprint density at radius 1 is 1.07 bits per heavy atom. The second-order valence-electron chi connectivity index (χ2n) is 3.85. The highest BCUT2D eigenvalue weighted by atomic mass is 15.0. The zero-order valence-electron chi connectivity index (χ0n) is 9.12. The maximum atomic E-state index is 4.14. The summed E-state index contributed by atoms with van der Waals surface area (Å²) in [6, 6.07) is 6.37. The third kappa shape index (κ3) is 1.71. The van der Waals surface area contributed by atoms with Gasteiger partial charge in [-0.25, -0.2) is 4.98 Å². The van der Waals surface area contributed by atoms with E-state index >= 15 is 0 Å². The molecule has 1 aromatic heterocycles. The number of benzene rings is 1. The highest BCUT2D eigenvalue weighted by molar-refractivity contribution is 5.39. The van der Waals surface area contributed by atoms with Gasteiger partial charge >= 0.3 is 0 Å². The lowest BCUT2D eigenvalue weighted by molar-refractivity contribution is 1.02. The summed E-state index contributed by atoms with van der Waals surface area (Å²) in [7, 11) is 0. The molecule has 2 heteroatoms. The number of nitrogens with zero attached hydrogens (tertiary/aromatic N) is 2. The third-order valence-corrected chi connectivity index (χ3v) is 2.44. The van der Waals surface area contributed by atoms with Crippen LogP contribution < -0.4 is 10.7 Å². The molecule has 0 radical (unpaired) electrons. The first-order valence-electron chi connectivity index (χ1n) is 4.88. The van der Waals surface area contributed by atoms with Crippen LogP contribution in [0.5, 0.6) is 0 Å². The van der Waals surface area contributed by atoms with Gasteiger partial charge in [0.05, 0.1) is 10.7 Å². The van der Waals surface area contributed by atoms with Crippen LogP contribution >= 0.6 is 0 Å².